The molecular formula is C9H16N2O2. The minimum absolute atomic E-state index is 0.959. The molecule has 1 aromatic rings. The van der Waals surface area contributed by atoms with Crippen molar-refractivity contribution in [3.8, 4) is 0 Å². The molecule has 3 N–H and O–H groups in total. The van der Waals surface area contributed by atoms with Crippen LogP contribution in [0.25, 0.3) is 0 Å². The van der Waals surface area contributed by atoms with Crippen molar-refractivity contribution in [3.63, 3.8) is 0 Å². The second-order valence-corrected chi connectivity index (χ2v) is 2.28. The van der Waals surface area contributed by atoms with E-state index in [1.54, 1.807) is 0 Å². The quantitative estimate of drug-likeness (QED) is 0.540. The van der Waals surface area contributed by atoms with Crippen molar-refractivity contribution in [1.29, 1.82) is 0 Å². The van der Waals surface area contributed by atoms with E-state index in [-0.39, 0.29) is 0 Å². The number of nitrogens with two attached hydrogens (primary N) is 1. The zero-order chi connectivity index (χ0) is 9.94. The summed E-state index contributed by atoms with van der Waals surface area (Å²) < 4.78 is 0. The molecule has 0 radical (unpaired) electrons. The van der Waals surface area contributed by atoms with E-state index >= 15 is 0 Å². The van der Waals surface area contributed by atoms with Crippen molar-refractivity contribution in [3.05, 3.63) is 35.9 Å². The second kappa shape index (κ2) is 9.15. The highest BCUT2D eigenvalue weighted by Gasteiger charge is 1.83. The first-order valence-corrected chi connectivity index (χ1v) is 3.93. The average Bonchev–Trinajstić information content (AvgIpc) is 2.20. The summed E-state index contributed by atoms with van der Waals surface area (Å²) in [6.45, 7) is 0.959. The van der Waals surface area contributed by atoms with Gasteiger partial charge in [0.05, 0.1) is 7.11 Å². The molecule has 0 bridgehead atoms. The Bertz CT molecular complexity index is 190. The Morgan fingerprint density at radius 3 is 2.23 bits per heavy atom. The maximum atomic E-state index is 4.31. The molecule has 0 spiro atoms. The Balaban J connectivity index is 0.000000310. The van der Waals surface area contributed by atoms with Crippen LogP contribution in [0.5, 0.6) is 0 Å². The summed E-state index contributed by atoms with van der Waals surface area (Å²) in [5.74, 6) is 4.31. The van der Waals surface area contributed by atoms with Gasteiger partial charge < -0.3 is 5.32 Å². The number of rotatable bonds is 3. The molecule has 0 unspecified atom stereocenters. The Morgan fingerprint density at radius 1 is 1.31 bits per heavy atom. The fraction of sp³-hybridized carbons (Fsp3) is 0.333. The van der Waals surface area contributed by atoms with Crippen molar-refractivity contribution in [1.82, 2.24) is 5.32 Å². The van der Waals surface area contributed by atoms with Crippen LogP contribution in [-0.4, -0.2) is 14.2 Å². The predicted molar refractivity (Wildman–Crippen MR) is 51.5 cm³/mol. The van der Waals surface area contributed by atoms with Crippen LogP contribution in [-0.2, 0) is 16.4 Å². The van der Waals surface area contributed by atoms with Crippen LogP contribution in [0.4, 0.5) is 0 Å². The minimum atomic E-state index is 0.959. The number of hydrogen-bond donors (Lipinski definition) is 2. The molecule has 74 valence electrons. The molecule has 1 rings (SSSR count). The number of nitrogens with one attached hydrogen (secondary N) is 1. The Hall–Kier alpha value is -0.940. The lowest BCUT2D eigenvalue weighted by Crippen LogP contribution is -2.04. The lowest BCUT2D eigenvalue weighted by molar-refractivity contribution is -0.277. The van der Waals surface area contributed by atoms with Gasteiger partial charge in [-0.3, -0.25) is 0 Å². The highest BCUT2D eigenvalue weighted by Crippen LogP contribution is 1.95. The van der Waals surface area contributed by atoms with E-state index in [1.165, 1.54) is 12.7 Å². The Labute approximate surface area is 78.5 Å². The summed E-state index contributed by atoms with van der Waals surface area (Å²) in [4.78, 5) is 7.36. The van der Waals surface area contributed by atoms with Gasteiger partial charge in [0.2, 0.25) is 0 Å². The van der Waals surface area contributed by atoms with E-state index in [0.29, 0.717) is 0 Å². The molecule has 0 aromatic heterocycles. The van der Waals surface area contributed by atoms with Crippen molar-refractivity contribution in [2.24, 2.45) is 5.90 Å². The molecule has 13 heavy (non-hydrogen) atoms. The summed E-state index contributed by atoms with van der Waals surface area (Å²) in [5, 5.41) is 3.08. The largest absolute Gasteiger partial charge is 0.316 e. The molecule has 0 aliphatic rings. The zero-order valence-electron chi connectivity index (χ0n) is 7.99. The van der Waals surface area contributed by atoms with Gasteiger partial charge in [-0.2, -0.15) is 5.90 Å². The third-order valence-electron chi connectivity index (χ3n) is 1.32. The summed E-state index contributed by atoms with van der Waals surface area (Å²) in [5.41, 5.74) is 1.33. The van der Waals surface area contributed by atoms with Crippen LogP contribution in [0.3, 0.4) is 0 Å². The van der Waals surface area contributed by atoms with E-state index in [9.17, 15) is 0 Å². The molecule has 0 heterocycles. The van der Waals surface area contributed by atoms with Gasteiger partial charge in [0, 0.05) is 6.54 Å². The van der Waals surface area contributed by atoms with Gasteiger partial charge in [0.15, 0.2) is 0 Å². The molecule has 0 atom stereocenters. The molecule has 0 aliphatic heterocycles. The highest BCUT2D eigenvalue weighted by atomic mass is 17.3. The molecule has 4 heteroatoms. The smallest absolute Gasteiger partial charge is 0.0732 e. The lowest BCUT2D eigenvalue weighted by Gasteiger charge is -1.95. The van der Waals surface area contributed by atoms with Gasteiger partial charge in [0.25, 0.3) is 0 Å². The highest BCUT2D eigenvalue weighted by molar-refractivity contribution is 5.13. The molecule has 0 saturated heterocycles. The van der Waals surface area contributed by atoms with E-state index in [2.05, 4.69) is 33.2 Å². The lowest BCUT2D eigenvalue weighted by atomic mass is 10.2. The summed E-state index contributed by atoms with van der Waals surface area (Å²) in [7, 11) is 3.28. The van der Waals surface area contributed by atoms with E-state index in [1.807, 2.05) is 25.2 Å². The SMILES string of the molecule is CNCc1ccccc1.COON. The maximum absolute atomic E-state index is 4.31. The van der Waals surface area contributed by atoms with Crippen LogP contribution in [0, 0.1) is 0 Å². The third kappa shape index (κ3) is 7.42. The predicted octanol–water partition coefficient (Wildman–Crippen LogP) is 0.844. The molecule has 0 fully saturated rings. The first-order valence-electron chi connectivity index (χ1n) is 3.93. The van der Waals surface area contributed by atoms with Gasteiger partial charge in [-0.05, 0) is 12.6 Å². The fourth-order valence-corrected chi connectivity index (χ4v) is 0.800. The van der Waals surface area contributed by atoms with E-state index in [0.717, 1.165) is 6.54 Å². The topological polar surface area (TPSA) is 56.5 Å². The van der Waals surface area contributed by atoms with Crippen LogP contribution in [0.2, 0.25) is 0 Å². The zero-order valence-corrected chi connectivity index (χ0v) is 7.99. The summed E-state index contributed by atoms with van der Waals surface area (Å²) in [6, 6.07) is 10.3. The standard InChI is InChI=1S/C8H11N.CH5NO2/c1-9-7-8-5-3-2-4-6-8;1-3-4-2/h2-6,9H,7H2,1H3;2H2,1H3. The van der Waals surface area contributed by atoms with Gasteiger partial charge in [-0.25, -0.2) is 4.89 Å². The van der Waals surface area contributed by atoms with E-state index in [4.69, 9.17) is 0 Å². The van der Waals surface area contributed by atoms with Gasteiger partial charge in [-0.1, -0.05) is 30.3 Å². The molecule has 0 amide bonds. The molecule has 4 nitrogen and oxygen atoms in total. The monoisotopic (exact) mass is 184 g/mol. The normalized spacial score (nSPS) is 8.85. The molecule has 1 aromatic carbocycles. The van der Waals surface area contributed by atoms with Crippen molar-refractivity contribution >= 4 is 0 Å². The third-order valence-corrected chi connectivity index (χ3v) is 1.32. The minimum Gasteiger partial charge on any atom is -0.316 e. The molecular weight excluding hydrogens is 168 g/mol. The first kappa shape index (κ1) is 12.1. The Kier molecular flexibility index (Phi) is 8.49. The van der Waals surface area contributed by atoms with Crippen LogP contribution in [0.1, 0.15) is 5.56 Å². The maximum Gasteiger partial charge on any atom is 0.0732 e. The van der Waals surface area contributed by atoms with Crippen molar-refractivity contribution in [2.75, 3.05) is 14.2 Å². The summed E-state index contributed by atoms with van der Waals surface area (Å²) in [6.07, 6.45) is 0. The van der Waals surface area contributed by atoms with Gasteiger partial charge in [-0.15, -0.1) is 4.99 Å². The number of benzene rings is 1. The van der Waals surface area contributed by atoms with Gasteiger partial charge >= 0.3 is 0 Å². The van der Waals surface area contributed by atoms with Gasteiger partial charge in [0.1, 0.15) is 0 Å². The second-order valence-electron chi connectivity index (χ2n) is 2.28. The average molecular weight is 184 g/mol. The molecule has 0 saturated carbocycles. The van der Waals surface area contributed by atoms with Crippen molar-refractivity contribution in [2.45, 2.75) is 6.54 Å². The van der Waals surface area contributed by atoms with E-state index < -0.39 is 0 Å². The molecule has 0 aliphatic carbocycles. The van der Waals surface area contributed by atoms with Crippen LogP contribution in [0.15, 0.2) is 30.3 Å². The van der Waals surface area contributed by atoms with Crippen molar-refractivity contribution < 1.29 is 9.88 Å². The summed E-state index contributed by atoms with van der Waals surface area (Å²) >= 11 is 0. The number of hydrogen-bond acceptors (Lipinski definition) is 4. The van der Waals surface area contributed by atoms with Crippen LogP contribution >= 0.6 is 0 Å². The van der Waals surface area contributed by atoms with Crippen LogP contribution < -0.4 is 11.2 Å². The fourth-order valence-electron chi connectivity index (χ4n) is 0.800. The first-order chi connectivity index (χ1) is 6.35. The Morgan fingerprint density at radius 2 is 1.85 bits per heavy atom.